The summed E-state index contributed by atoms with van der Waals surface area (Å²) in [4.78, 5) is 17.3. The molecule has 156 valence electrons. The highest BCUT2D eigenvalue weighted by molar-refractivity contribution is 7.92. The molecule has 4 aromatic rings. The van der Waals surface area contributed by atoms with E-state index in [0.717, 1.165) is 10.9 Å². The first-order valence-corrected chi connectivity index (χ1v) is 11.3. The van der Waals surface area contributed by atoms with Crippen LogP contribution in [0.15, 0.2) is 83.9 Å². The maximum Gasteiger partial charge on any atom is 0.261 e. The third kappa shape index (κ3) is 4.64. The first kappa shape index (κ1) is 21.1. The van der Waals surface area contributed by atoms with Gasteiger partial charge in [-0.1, -0.05) is 29.3 Å². The predicted molar refractivity (Wildman–Crippen MR) is 123 cm³/mol. The fraction of sp³-hybridized carbons (Fsp3) is 0. The molecular formula is C22H15Cl2N3O3S. The van der Waals surface area contributed by atoms with Crippen LogP contribution in [0.4, 0.5) is 11.4 Å². The van der Waals surface area contributed by atoms with Crippen LogP contribution < -0.4 is 10.0 Å². The van der Waals surface area contributed by atoms with Gasteiger partial charge in [0.2, 0.25) is 0 Å². The lowest BCUT2D eigenvalue weighted by atomic mass is 10.1. The molecule has 0 saturated carbocycles. The lowest BCUT2D eigenvalue weighted by Crippen LogP contribution is -2.19. The topological polar surface area (TPSA) is 88.2 Å². The van der Waals surface area contributed by atoms with Gasteiger partial charge in [0.25, 0.3) is 15.9 Å². The van der Waals surface area contributed by atoms with Crippen molar-refractivity contribution < 1.29 is 13.2 Å². The summed E-state index contributed by atoms with van der Waals surface area (Å²) in [6.45, 7) is 0. The number of fused-ring (bicyclic) bond motifs is 1. The number of rotatable bonds is 5. The van der Waals surface area contributed by atoms with Gasteiger partial charge in [-0.2, -0.15) is 0 Å². The van der Waals surface area contributed by atoms with E-state index >= 15 is 0 Å². The molecule has 0 atom stereocenters. The second kappa shape index (κ2) is 8.55. The maximum atomic E-state index is 13.1. The van der Waals surface area contributed by atoms with Crippen molar-refractivity contribution in [2.75, 3.05) is 10.0 Å². The first-order valence-electron chi connectivity index (χ1n) is 9.06. The molecule has 1 amide bonds. The number of pyridine rings is 1. The van der Waals surface area contributed by atoms with Gasteiger partial charge in [-0.3, -0.25) is 14.5 Å². The monoisotopic (exact) mass is 471 g/mol. The Bertz CT molecular complexity index is 1390. The number of amides is 1. The van der Waals surface area contributed by atoms with Gasteiger partial charge in [-0.05, 0) is 66.7 Å². The van der Waals surface area contributed by atoms with Gasteiger partial charge in [-0.25, -0.2) is 8.42 Å². The number of carbonyl (C=O) groups is 1. The fourth-order valence-corrected chi connectivity index (χ4v) is 4.39. The summed E-state index contributed by atoms with van der Waals surface area (Å²) < 4.78 is 28.0. The number of halogens is 2. The Morgan fingerprint density at radius 1 is 0.839 bits per heavy atom. The second-order valence-corrected chi connectivity index (χ2v) is 9.13. The van der Waals surface area contributed by atoms with E-state index in [-0.39, 0.29) is 16.1 Å². The quantitative estimate of drug-likeness (QED) is 0.396. The summed E-state index contributed by atoms with van der Waals surface area (Å²) in [5.41, 5.74) is 1.43. The molecule has 0 radical (unpaired) electrons. The number of aromatic nitrogens is 1. The summed E-state index contributed by atoms with van der Waals surface area (Å²) in [6.07, 6.45) is 1.66. The zero-order valence-electron chi connectivity index (χ0n) is 15.8. The van der Waals surface area contributed by atoms with Crippen molar-refractivity contribution in [1.29, 1.82) is 0 Å². The molecule has 4 rings (SSSR count). The van der Waals surface area contributed by atoms with Gasteiger partial charge in [0.05, 0.1) is 27.4 Å². The van der Waals surface area contributed by atoms with Crippen LogP contribution in [-0.4, -0.2) is 19.3 Å². The molecule has 0 fully saturated rings. The minimum Gasteiger partial charge on any atom is -0.321 e. The smallest absolute Gasteiger partial charge is 0.261 e. The average molecular weight is 472 g/mol. The van der Waals surface area contributed by atoms with Gasteiger partial charge < -0.3 is 5.32 Å². The van der Waals surface area contributed by atoms with E-state index in [1.807, 2.05) is 12.1 Å². The summed E-state index contributed by atoms with van der Waals surface area (Å²) in [7, 11) is -3.95. The minimum atomic E-state index is -3.95. The highest BCUT2D eigenvalue weighted by Crippen LogP contribution is 2.27. The summed E-state index contributed by atoms with van der Waals surface area (Å²) in [6, 6.07) is 19.0. The van der Waals surface area contributed by atoms with Crippen molar-refractivity contribution in [3.63, 3.8) is 0 Å². The van der Waals surface area contributed by atoms with Gasteiger partial charge in [-0.15, -0.1) is 0 Å². The Kier molecular flexibility index (Phi) is 5.82. The van der Waals surface area contributed by atoms with Gasteiger partial charge in [0.15, 0.2) is 0 Å². The van der Waals surface area contributed by atoms with Crippen molar-refractivity contribution in [3.05, 3.63) is 94.6 Å². The molecule has 2 N–H and O–H groups in total. The molecular weight excluding hydrogens is 457 g/mol. The van der Waals surface area contributed by atoms with E-state index in [1.54, 1.807) is 24.4 Å². The molecule has 9 heteroatoms. The number of hydrogen-bond acceptors (Lipinski definition) is 4. The zero-order chi connectivity index (χ0) is 22.0. The molecule has 0 aliphatic heterocycles. The van der Waals surface area contributed by atoms with Crippen molar-refractivity contribution in [2.45, 2.75) is 4.90 Å². The van der Waals surface area contributed by atoms with E-state index in [0.29, 0.717) is 15.7 Å². The molecule has 1 aromatic heterocycles. The van der Waals surface area contributed by atoms with Crippen molar-refractivity contribution >= 4 is 61.4 Å². The number of benzene rings is 3. The largest absolute Gasteiger partial charge is 0.321 e. The Hall–Kier alpha value is -3.13. The number of nitrogens with one attached hydrogen (secondary N) is 2. The molecule has 0 spiro atoms. The number of anilines is 2. The molecule has 6 nitrogen and oxygen atoms in total. The highest BCUT2D eigenvalue weighted by Gasteiger charge is 2.20. The van der Waals surface area contributed by atoms with E-state index < -0.39 is 15.9 Å². The first-order chi connectivity index (χ1) is 14.8. The molecule has 0 unspecified atom stereocenters. The Morgan fingerprint density at radius 2 is 1.58 bits per heavy atom. The van der Waals surface area contributed by atoms with Crippen LogP contribution in [0.5, 0.6) is 0 Å². The normalized spacial score (nSPS) is 11.3. The van der Waals surface area contributed by atoms with Crippen LogP contribution in [0.25, 0.3) is 10.9 Å². The maximum absolute atomic E-state index is 13.1. The molecule has 0 aliphatic carbocycles. The van der Waals surface area contributed by atoms with Gasteiger partial charge in [0, 0.05) is 21.6 Å². The third-order valence-electron chi connectivity index (χ3n) is 4.49. The van der Waals surface area contributed by atoms with Crippen LogP contribution in [0, 0.1) is 0 Å². The number of hydrogen-bond donors (Lipinski definition) is 2. The van der Waals surface area contributed by atoms with Crippen LogP contribution >= 0.6 is 23.2 Å². The summed E-state index contributed by atoms with van der Waals surface area (Å²) >= 11 is 11.9. The lowest BCUT2D eigenvalue weighted by Gasteiger charge is -2.14. The van der Waals surface area contributed by atoms with Crippen LogP contribution in [0.1, 0.15) is 10.4 Å². The molecule has 0 saturated heterocycles. The summed E-state index contributed by atoms with van der Waals surface area (Å²) in [5, 5.41) is 4.27. The Morgan fingerprint density at radius 3 is 2.35 bits per heavy atom. The fourth-order valence-electron chi connectivity index (χ4n) is 3.01. The number of carbonyl (C=O) groups excluding carboxylic acids is 1. The van der Waals surface area contributed by atoms with Crippen LogP contribution in [0.2, 0.25) is 10.0 Å². The van der Waals surface area contributed by atoms with Crippen LogP contribution in [0.3, 0.4) is 0 Å². The molecule has 0 bridgehead atoms. The minimum absolute atomic E-state index is 0.0123. The summed E-state index contributed by atoms with van der Waals surface area (Å²) in [5.74, 6) is -0.521. The third-order valence-corrected chi connectivity index (χ3v) is 6.36. The SMILES string of the molecule is O=C(Nc1cccc2ncccc12)c1cc(Cl)ccc1NS(=O)(=O)c1ccc(Cl)cc1. The highest BCUT2D eigenvalue weighted by atomic mass is 35.5. The lowest BCUT2D eigenvalue weighted by molar-refractivity contribution is 0.102. The van der Waals surface area contributed by atoms with E-state index in [1.165, 1.54) is 42.5 Å². The predicted octanol–water partition coefficient (Wildman–Crippen LogP) is 5.59. The van der Waals surface area contributed by atoms with E-state index in [4.69, 9.17) is 23.2 Å². The van der Waals surface area contributed by atoms with E-state index in [2.05, 4.69) is 15.0 Å². The standard InChI is InChI=1S/C22H15Cl2N3O3S/c23-14-6-9-16(10-7-14)31(29,30)27-21-11-8-15(24)13-18(21)22(28)26-20-5-1-4-19-17(20)3-2-12-25-19/h1-13,27H,(H,26,28). The van der Waals surface area contributed by atoms with Gasteiger partial charge >= 0.3 is 0 Å². The molecule has 1 heterocycles. The zero-order valence-corrected chi connectivity index (χ0v) is 18.2. The number of sulfonamides is 1. The average Bonchev–Trinajstić information content (AvgIpc) is 2.75. The Labute approximate surface area is 188 Å². The second-order valence-electron chi connectivity index (χ2n) is 6.58. The van der Waals surface area contributed by atoms with Gasteiger partial charge in [0.1, 0.15) is 0 Å². The van der Waals surface area contributed by atoms with Crippen molar-refractivity contribution in [1.82, 2.24) is 4.98 Å². The van der Waals surface area contributed by atoms with Crippen molar-refractivity contribution in [2.24, 2.45) is 0 Å². The van der Waals surface area contributed by atoms with Crippen molar-refractivity contribution in [3.8, 4) is 0 Å². The molecule has 0 aliphatic rings. The molecule has 31 heavy (non-hydrogen) atoms. The molecule has 3 aromatic carbocycles. The van der Waals surface area contributed by atoms with E-state index in [9.17, 15) is 13.2 Å². The number of nitrogens with zero attached hydrogens (tertiary/aromatic N) is 1. The van der Waals surface area contributed by atoms with Crippen LogP contribution in [-0.2, 0) is 10.0 Å². The Balaban J connectivity index is 1.68.